The highest BCUT2D eigenvalue weighted by Gasteiger charge is 2.48. The van der Waals surface area contributed by atoms with Crippen LogP contribution >= 0.6 is 0 Å². The highest BCUT2D eigenvalue weighted by atomic mass is 19.1. The molecule has 1 unspecified atom stereocenters. The van der Waals surface area contributed by atoms with Crippen LogP contribution in [-0.2, 0) is 9.59 Å². The normalized spacial score (nSPS) is 17.7. The smallest absolute Gasteiger partial charge is 0.301 e. The zero-order chi connectivity index (χ0) is 22.8. The van der Waals surface area contributed by atoms with E-state index in [0.29, 0.717) is 23.7 Å². The molecule has 0 spiro atoms. The molecule has 0 saturated carbocycles. The topological polar surface area (TPSA) is 92.9 Å². The summed E-state index contributed by atoms with van der Waals surface area (Å²) in [4.78, 5) is 27.0. The van der Waals surface area contributed by atoms with Crippen LogP contribution in [0.1, 0.15) is 36.3 Å². The molecule has 7 nitrogen and oxygen atoms in total. The van der Waals surface area contributed by atoms with E-state index in [1.807, 2.05) is 6.92 Å². The van der Waals surface area contributed by atoms with Gasteiger partial charge in [-0.05, 0) is 43.7 Å². The minimum atomic E-state index is -1.21. The van der Waals surface area contributed by atoms with Gasteiger partial charge in [-0.2, -0.15) is 0 Å². The number of ether oxygens (including phenoxy) is 1. The number of rotatable bonds is 6. The molecule has 0 aliphatic carbocycles. The van der Waals surface area contributed by atoms with Crippen LogP contribution in [0.25, 0.3) is 5.76 Å². The van der Waals surface area contributed by atoms with Crippen LogP contribution in [0.5, 0.6) is 5.75 Å². The predicted molar refractivity (Wildman–Crippen MR) is 115 cm³/mol. The van der Waals surface area contributed by atoms with E-state index < -0.39 is 29.3 Å². The predicted octanol–water partition coefficient (Wildman–Crippen LogP) is 4.54. The maximum atomic E-state index is 14.8. The van der Waals surface area contributed by atoms with E-state index in [1.54, 1.807) is 37.3 Å². The monoisotopic (exact) mass is 436 g/mol. The number of hydrogen-bond donors (Lipinski definition) is 1. The van der Waals surface area contributed by atoms with Gasteiger partial charge in [0.1, 0.15) is 23.1 Å². The molecule has 1 saturated heterocycles. The van der Waals surface area contributed by atoms with Crippen LogP contribution < -0.4 is 9.64 Å². The van der Waals surface area contributed by atoms with E-state index in [9.17, 15) is 19.1 Å². The van der Waals surface area contributed by atoms with Gasteiger partial charge < -0.3 is 14.4 Å². The van der Waals surface area contributed by atoms with Crippen LogP contribution in [0.2, 0.25) is 0 Å². The van der Waals surface area contributed by atoms with Gasteiger partial charge in [-0.15, -0.1) is 0 Å². The number of nitrogens with zero attached hydrogens (tertiary/aromatic N) is 2. The Labute approximate surface area is 183 Å². The Hall–Kier alpha value is -3.94. The zero-order valence-electron chi connectivity index (χ0n) is 17.5. The van der Waals surface area contributed by atoms with Gasteiger partial charge in [0.05, 0.1) is 18.2 Å². The van der Waals surface area contributed by atoms with E-state index >= 15 is 0 Å². The number of carbonyl (C=O) groups excluding carboxylic acids is 2. The lowest BCUT2D eigenvalue weighted by molar-refractivity contribution is -0.132. The van der Waals surface area contributed by atoms with E-state index in [-0.39, 0.29) is 17.0 Å². The molecule has 1 N–H and O–H groups in total. The van der Waals surface area contributed by atoms with E-state index in [2.05, 4.69) is 5.16 Å². The number of aliphatic hydroxyl groups is 1. The Morgan fingerprint density at radius 3 is 2.53 bits per heavy atom. The lowest BCUT2D eigenvalue weighted by Crippen LogP contribution is -2.30. The van der Waals surface area contributed by atoms with Crippen LogP contribution in [0.15, 0.2) is 64.7 Å². The van der Waals surface area contributed by atoms with Crippen molar-refractivity contribution in [1.82, 2.24) is 5.16 Å². The SMILES string of the molecule is CCCOc1ccc(/C(O)=C2/C(=O)C(=O)N(c3cc(C)on3)C2c2ccccc2F)cc1. The Bertz CT molecular complexity index is 1200. The van der Waals surface area contributed by atoms with Crippen molar-refractivity contribution in [3.05, 3.63) is 82.9 Å². The molecule has 32 heavy (non-hydrogen) atoms. The number of amides is 1. The number of aromatic nitrogens is 1. The van der Waals surface area contributed by atoms with Crippen LogP contribution in [0, 0.1) is 12.7 Å². The first-order valence-corrected chi connectivity index (χ1v) is 10.1. The van der Waals surface area contributed by atoms with Gasteiger partial charge in [0.2, 0.25) is 0 Å². The van der Waals surface area contributed by atoms with Gasteiger partial charge in [0.25, 0.3) is 5.78 Å². The first kappa shape index (κ1) is 21.3. The summed E-state index contributed by atoms with van der Waals surface area (Å²) in [5.74, 6) is -1.84. The molecule has 164 valence electrons. The third-order valence-electron chi connectivity index (χ3n) is 5.11. The standard InChI is InChI=1S/C24H21FN2O5/c1-3-12-31-16-10-8-15(9-11-16)22(28)20-21(17-6-4-5-7-18(17)25)27(24(30)23(20)29)19-13-14(2)32-26-19/h4-11,13,21,28H,3,12H2,1-2H3/b22-20-. The molecule has 0 bridgehead atoms. The lowest BCUT2D eigenvalue weighted by atomic mass is 9.95. The van der Waals surface area contributed by atoms with Crippen molar-refractivity contribution in [3.63, 3.8) is 0 Å². The summed E-state index contributed by atoms with van der Waals surface area (Å²) in [7, 11) is 0. The fourth-order valence-electron chi connectivity index (χ4n) is 3.61. The second-order valence-electron chi connectivity index (χ2n) is 7.36. The second kappa shape index (κ2) is 8.66. The molecule has 2 aromatic carbocycles. The highest BCUT2D eigenvalue weighted by Crippen LogP contribution is 2.42. The summed E-state index contributed by atoms with van der Waals surface area (Å²) in [6.45, 7) is 4.16. The Balaban J connectivity index is 1.86. The quantitative estimate of drug-likeness (QED) is 0.347. The van der Waals surface area contributed by atoms with E-state index in [1.165, 1.54) is 24.3 Å². The highest BCUT2D eigenvalue weighted by molar-refractivity contribution is 6.51. The number of Topliss-reactive ketones (excluding diaryl/α,β-unsaturated/α-hetero) is 1. The second-order valence-corrected chi connectivity index (χ2v) is 7.36. The van der Waals surface area contributed by atoms with Crippen molar-refractivity contribution in [2.75, 3.05) is 11.5 Å². The van der Waals surface area contributed by atoms with Crippen molar-refractivity contribution in [2.24, 2.45) is 0 Å². The van der Waals surface area contributed by atoms with Gasteiger partial charge in [-0.3, -0.25) is 14.5 Å². The number of aryl methyl sites for hydroxylation is 1. The van der Waals surface area contributed by atoms with Crippen molar-refractivity contribution in [3.8, 4) is 5.75 Å². The molecule has 4 rings (SSSR count). The number of hydrogen-bond acceptors (Lipinski definition) is 6. The van der Waals surface area contributed by atoms with Crippen molar-refractivity contribution in [2.45, 2.75) is 26.3 Å². The summed E-state index contributed by atoms with van der Waals surface area (Å²) in [5.41, 5.74) is 0.115. The third-order valence-corrected chi connectivity index (χ3v) is 5.11. The average Bonchev–Trinajstić information content (AvgIpc) is 3.33. The van der Waals surface area contributed by atoms with Gasteiger partial charge in [0.15, 0.2) is 5.82 Å². The third kappa shape index (κ3) is 3.75. The molecule has 1 fully saturated rings. The molecular formula is C24H21FN2O5. The molecule has 8 heteroatoms. The Kier molecular flexibility index (Phi) is 5.77. The van der Waals surface area contributed by atoms with Gasteiger partial charge in [0, 0.05) is 17.2 Å². The molecule has 1 aliphatic rings. The van der Waals surface area contributed by atoms with Crippen LogP contribution in [-0.4, -0.2) is 28.6 Å². The maximum absolute atomic E-state index is 14.8. The average molecular weight is 436 g/mol. The summed E-state index contributed by atoms with van der Waals surface area (Å²) < 4.78 is 25.4. The van der Waals surface area contributed by atoms with Crippen molar-refractivity contribution >= 4 is 23.3 Å². The number of benzene rings is 2. The Morgan fingerprint density at radius 2 is 1.91 bits per heavy atom. The molecular weight excluding hydrogens is 415 g/mol. The number of carbonyl (C=O) groups is 2. The molecule has 1 atom stereocenters. The van der Waals surface area contributed by atoms with Crippen LogP contribution in [0.4, 0.5) is 10.2 Å². The first-order valence-electron chi connectivity index (χ1n) is 10.1. The number of aliphatic hydroxyl groups excluding tert-OH is 1. The minimum Gasteiger partial charge on any atom is -0.507 e. The van der Waals surface area contributed by atoms with Crippen LogP contribution in [0.3, 0.4) is 0 Å². The molecule has 2 heterocycles. The summed E-state index contributed by atoms with van der Waals surface area (Å²) in [6.07, 6.45) is 0.843. The first-order chi connectivity index (χ1) is 15.4. The minimum absolute atomic E-state index is 0.0526. The fraction of sp³-hybridized carbons (Fsp3) is 0.208. The van der Waals surface area contributed by atoms with Gasteiger partial charge >= 0.3 is 5.91 Å². The largest absolute Gasteiger partial charge is 0.507 e. The molecule has 0 radical (unpaired) electrons. The van der Waals surface area contributed by atoms with Gasteiger partial charge in [-0.1, -0.05) is 30.3 Å². The van der Waals surface area contributed by atoms with E-state index in [4.69, 9.17) is 9.26 Å². The number of ketones is 1. The molecule has 3 aromatic rings. The number of halogens is 1. The lowest BCUT2D eigenvalue weighted by Gasteiger charge is -2.23. The number of anilines is 1. The molecule has 1 aromatic heterocycles. The fourth-order valence-corrected chi connectivity index (χ4v) is 3.61. The molecule has 1 amide bonds. The maximum Gasteiger partial charge on any atom is 0.301 e. The Morgan fingerprint density at radius 1 is 1.19 bits per heavy atom. The summed E-state index contributed by atoms with van der Waals surface area (Å²) in [6, 6.07) is 12.5. The zero-order valence-corrected chi connectivity index (χ0v) is 17.5. The van der Waals surface area contributed by atoms with E-state index in [0.717, 1.165) is 11.3 Å². The van der Waals surface area contributed by atoms with Gasteiger partial charge in [-0.25, -0.2) is 4.39 Å². The summed E-state index contributed by atoms with van der Waals surface area (Å²) in [5, 5.41) is 14.9. The van der Waals surface area contributed by atoms with Crippen molar-refractivity contribution in [1.29, 1.82) is 0 Å². The summed E-state index contributed by atoms with van der Waals surface area (Å²) >= 11 is 0. The molecule has 1 aliphatic heterocycles. The van der Waals surface area contributed by atoms with Crippen molar-refractivity contribution < 1.29 is 28.3 Å².